The number of rotatable bonds is 7. The highest BCUT2D eigenvalue weighted by Gasteiger charge is 2.12. The van der Waals surface area contributed by atoms with E-state index >= 15 is 0 Å². The molecule has 26 heavy (non-hydrogen) atoms. The summed E-state index contributed by atoms with van der Waals surface area (Å²) in [6.07, 6.45) is 5.82. The lowest BCUT2D eigenvalue weighted by molar-refractivity contribution is -0.125. The van der Waals surface area contributed by atoms with Crippen LogP contribution in [0.1, 0.15) is 11.1 Å². The minimum atomic E-state index is -0.266. The molecule has 132 valence electrons. The van der Waals surface area contributed by atoms with Gasteiger partial charge in [0.25, 0.3) is 0 Å². The fourth-order valence-corrected chi connectivity index (χ4v) is 3.12. The first-order valence-corrected chi connectivity index (χ1v) is 8.92. The largest absolute Gasteiger partial charge is 0.332 e. The van der Waals surface area contributed by atoms with E-state index in [0.29, 0.717) is 18.1 Å². The number of benzene rings is 1. The van der Waals surface area contributed by atoms with E-state index in [1.54, 1.807) is 24.0 Å². The highest BCUT2D eigenvalue weighted by molar-refractivity contribution is 7.13. The standard InChI is InChI=1S/C19H18N4O2S/c1-14-10-16(15-4-6-20-7-5-15)2-3-17(14)11-23(13-24)12-18(25)22-19-21-8-9-26-19/h2-10,13H,11-12H2,1H3,(H,21,22,25). The number of anilines is 1. The summed E-state index contributed by atoms with van der Waals surface area (Å²) in [7, 11) is 0. The second-order valence-electron chi connectivity index (χ2n) is 5.77. The molecule has 1 aromatic carbocycles. The zero-order valence-corrected chi connectivity index (χ0v) is 15.1. The quantitative estimate of drug-likeness (QED) is 0.652. The van der Waals surface area contributed by atoms with E-state index < -0.39 is 0 Å². The Hall–Kier alpha value is -3.06. The van der Waals surface area contributed by atoms with E-state index in [0.717, 1.165) is 22.3 Å². The Bertz CT molecular complexity index is 882. The van der Waals surface area contributed by atoms with E-state index in [2.05, 4.69) is 21.4 Å². The van der Waals surface area contributed by atoms with Gasteiger partial charge >= 0.3 is 0 Å². The summed E-state index contributed by atoms with van der Waals surface area (Å²) in [6, 6.07) is 9.98. The van der Waals surface area contributed by atoms with E-state index in [4.69, 9.17) is 0 Å². The van der Waals surface area contributed by atoms with E-state index in [1.807, 2.05) is 31.2 Å². The number of pyridine rings is 1. The Morgan fingerprint density at radius 3 is 2.65 bits per heavy atom. The second-order valence-corrected chi connectivity index (χ2v) is 6.67. The van der Waals surface area contributed by atoms with Gasteiger partial charge in [-0.1, -0.05) is 18.2 Å². The number of thiazole rings is 1. The van der Waals surface area contributed by atoms with Gasteiger partial charge in [0, 0.05) is 30.5 Å². The minimum absolute atomic E-state index is 0.0192. The monoisotopic (exact) mass is 366 g/mol. The first-order chi connectivity index (χ1) is 12.7. The van der Waals surface area contributed by atoms with Crippen molar-refractivity contribution < 1.29 is 9.59 Å². The third kappa shape index (κ3) is 4.52. The van der Waals surface area contributed by atoms with Crippen molar-refractivity contribution in [2.45, 2.75) is 13.5 Å². The normalized spacial score (nSPS) is 10.3. The van der Waals surface area contributed by atoms with Crippen molar-refractivity contribution >= 4 is 28.8 Å². The summed E-state index contributed by atoms with van der Waals surface area (Å²) >= 11 is 1.34. The Labute approximate surface area is 155 Å². The molecule has 1 N–H and O–H groups in total. The lowest BCUT2D eigenvalue weighted by Crippen LogP contribution is -2.32. The molecule has 0 atom stereocenters. The summed E-state index contributed by atoms with van der Waals surface area (Å²) in [5.74, 6) is -0.266. The predicted octanol–water partition coefficient (Wildman–Crippen LogP) is 3.11. The number of hydrogen-bond donors (Lipinski definition) is 1. The molecule has 0 bridgehead atoms. The van der Waals surface area contributed by atoms with Gasteiger partial charge in [0.05, 0.1) is 0 Å². The zero-order valence-electron chi connectivity index (χ0n) is 14.3. The van der Waals surface area contributed by atoms with Crippen LogP contribution in [-0.4, -0.2) is 33.7 Å². The van der Waals surface area contributed by atoms with Crippen LogP contribution in [0.2, 0.25) is 0 Å². The lowest BCUT2D eigenvalue weighted by atomic mass is 10.0. The summed E-state index contributed by atoms with van der Waals surface area (Å²) in [5, 5.41) is 4.98. The van der Waals surface area contributed by atoms with Gasteiger partial charge in [-0.3, -0.25) is 14.6 Å². The number of aryl methyl sites for hydroxylation is 1. The minimum Gasteiger partial charge on any atom is -0.332 e. The van der Waals surface area contributed by atoms with Crippen LogP contribution in [0.15, 0.2) is 54.3 Å². The third-order valence-electron chi connectivity index (χ3n) is 3.90. The van der Waals surface area contributed by atoms with Crippen molar-refractivity contribution in [3.63, 3.8) is 0 Å². The number of carbonyl (C=O) groups excluding carboxylic acids is 2. The molecular weight excluding hydrogens is 348 g/mol. The smallest absolute Gasteiger partial charge is 0.245 e. The lowest BCUT2D eigenvalue weighted by Gasteiger charge is -2.18. The van der Waals surface area contributed by atoms with Gasteiger partial charge in [-0.25, -0.2) is 4.98 Å². The number of nitrogens with one attached hydrogen (secondary N) is 1. The molecule has 0 fully saturated rings. The van der Waals surface area contributed by atoms with E-state index in [-0.39, 0.29) is 12.5 Å². The summed E-state index contributed by atoms with van der Waals surface area (Å²) in [5.41, 5.74) is 4.24. The molecule has 0 saturated heterocycles. The number of aromatic nitrogens is 2. The van der Waals surface area contributed by atoms with E-state index in [9.17, 15) is 9.59 Å². The van der Waals surface area contributed by atoms with Gasteiger partial charge in [-0.05, 0) is 41.3 Å². The Morgan fingerprint density at radius 2 is 2.00 bits per heavy atom. The second kappa shape index (κ2) is 8.35. The first kappa shape index (κ1) is 17.8. The molecule has 0 aliphatic heterocycles. The average molecular weight is 366 g/mol. The van der Waals surface area contributed by atoms with Gasteiger partial charge in [0.2, 0.25) is 12.3 Å². The van der Waals surface area contributed by atoms with Crippen molar-refractivity contribution in [3.05, 3.63) is 65.4 Å². The maximum absolute atomic E-state index is 12.0. The molecule has 2 aromatic heterocycles. The fraction of sp³-hybridized carbons (Fsp3) is 0.158. The van der Waals surface area contributed by atoms with Gasteiger partial charge in [-0.15, -0.1) is 11.3 Å². The SMILES string of the molecule is Cc1cc(-c2ccncc2)ccc1CN(C=O)CC(=O)Nc1nccs1. The van der Waals surface area contributed by atoms with Crippen LogP contribution in [0.5, 0.6) is 0 Å². The zero-order chi connectivity index (χ0) is 18.4. The van der Waals surface area contributed by atoms with E-state index in [1.165, 1.54) is 16.2 Å². The van der Waals surface area contributed by atoms with Crippen LogP contribution in [0.25, 0.3) is 11.1 Å². The van der Waals surface area contributed by atoms with Gasteiger partial charge in [0.1, 0.15) is 6.54 Å². The Kier molecular flexibility index (Phi) is 5.70. The maximum atomic E-state index is 12.0. The number of carbonyl (C=O) groups is 2. The number of nitrogens with zero attached hydrogens (tertiary/aromatic N) is 3. The topological polar surface area (TPSA) is 75.2 Å². The Morgan fingerprint density at radius 1 is 1.19 bits per heavy atom. The number of amides is 2. The van der Waals surface area contributed by atoms with Crippen molar-refractivity contribution in [2.75, 3.05) is 11.9 Å². The first-order valence-electron chi connectivity index (χ1n) is 8.04. The van der Waals surface area contributed by atoms with Crippen LogP contribution in [0.4, 0.5) is 5.13 Å². The average Bonchev–Trinajstić information content (AvgIpc) is 3.16. The van der Waals surface area contributed by atoms with Crippen molar-refractivity contribution in [1.29, 1.82) is 0 Å². The predicted molar refractivity (Wildman–Crippen MR) is 102 cm³/mol. The fourth-order valence-electron chi connectivity index (χ4n) is 2.57. The molecular formula is C19H18N4O2S. The molecule has 0 aliphatic rings. The van der Waals surface area contributed by atoms with Crippen LogP contribution in [-0.2, 0) is 16.1 Å². The molecule has 6 nitrogen and oxygen atoms in total. The molecule has 0 saturated carbocycles. The summed E-state index contributed by atoms with van der Waals surface area (Å²) in [4.78, 5) is 32.9. The van der Waals surface area contributed by atoms with Crippen LogP contribution < -0.4 is 5.32 Å². The van der Waals surface area contributed by atoms with Gasteiger partial charge in [0.15, 0.2) is 5.13 Å². The molecule has 2 amide bonds. The molecule has 0 spiro atoms. The molecule has 7 heteroatoms. The molecule has 0 radical (unpaired) electrons. The molecule has 2 heterocycles. The maximum Gasteiger partial charge on any atom is 0.245 e. The van der Waals surface area contributed by atoms with Crippen LogP contribution in [0.3, 0.4) is 0 Å². The third-order valence-corrected chi connectivity index (χ3v) is 4.59. The Balaban J connectivity index is 1.66. The molecule has 0 unspecified atom stereocenters. The van der Waals surface area contributed by atoms with Gasteiger partial charge < -0.3 is 10.2 Å². The highest BCUT2D eigenvalue weighted by atomic mass is 32.1. The summed E-state index contributed by atoms with van der Waals surface area (Å²) < 4.78 is 0. The van der Waals surface area contributed by atoms with Crippen molar-refractivity contribution in [3.8, 4) is 11.1 Å². The molecule has 3 aromatic rings. The van der Waals surface area contributed by atoms with Crippen LogP contribution in [0, 0.1) is 6.92 Å². The van der Waals surface area contributed by atoms with Crippen molar-refractivity contribution in [1.82, 2.24) is 14.9 Å². The highest BCUT2D eigenvalue weighted by Crippen LogP contribution is 2.22. The van der Waals surface area contributed by atoms with Crippen molar-refractivity contribution in [2.24, 2.45) is 0 Å². The van der Waals surface area contributed by atoms with Crippen LogP contribution >= 0.6 is 11.3 Å². The van der Waals surface area contributed by atoms with Gasteiger partial charge in [-0.2, -0.15) is 0 Å². The summed E-state index contributed by atoms with van der Waals surface area (Å²) in [6.45, 7) is 2.35. The molecule has 3 rings (SSSR count). The molecule has 0 aliphatic carbocycles. The number of hydrogen-bond acceptors (Lipinski definition) is 5.